The van der Waals surface area contributed by atoms with Gasteiger partial charge in [-0.3, -0.25) is 39.0 Å². The van der Waals surface area contributed by atoms with Crippen molar-refractivity contribution >= 4 is 45.7 Å². The molecular formula is C114H160N12O2. The van der Waals surface area contributed by atoms with E-state index in [1.165, 1.54) is 296 Å². The smallest absolute Gasteiger partial charge is 0.159 e. The Hall–Kier alpha value is -7.30. The number of ketones is 2. The zero-order valence-corrected chi connectivity index (χ0v) is 79.7. The van der Waals surface area contributed by atoms with E-state index in [1.807, 2.05) is 24.3 Å². The molecule has 25 rings (SSSR count). The van der Waals surface area contributed by atoms with E-state index in [9.17, 15) is 9.59 Å². The average molecular weight is 1730 g/mol. The predicted molar refractivity (Wildman–Crippen MR) is 534 cm³/mol. The summed E-state index contributed by atoms with van der Waals surface area (Å²) < 4.78 is 0. The lowest BCUT2D eigenvalue weighted by Gasteiger charge is -2.58. The van der Waals surface area contributed by atoms with Gasteiger partial charge in [0.1, 0.15) is 0 Å². The van der Waals surface area contributed by atoms with Crippen LogP contribution in [0.25, 0.3) is 0 Å². The first-order valence-electron chi connectivity index (χ1n) is 52.3. The number of piperazine rings is 6. The molecule has 17 fully saturated rings. The van der Waals surface area contributed by atoms with Crippen LogP contribution in [-0.4, -0.2) is 235 Å². The highest BCUT2D eigenvalue weighted by Gasteiger charge is 2.51. The Labute approximate surface area is 772 Å². The third-order valence-electron chi connectivity index (χ3n) is 35.8. The molecule has 6 aromatic carbocycles. The van der Waals surface area contributed by atoms with Crippen molar-refractivity contribution in [2.24, 2.45) is 82.9 Å². The summed E-state index contributed by atoms with van der Waals surface area (Å²) in [6, 6.07) is 55.7. The number of hydrogen-bond donors (Lipinski definition) is 0. The molecule has 128 heavy (non-hydrogen) atoms. The first-order valence-corrected chi connectivity index (χ1v) is 52.3. The van der Waals surface area contributed by atoms with E-state index < -0.39 is 0 Å². The molecule has 6 aromatic rings. The number of nitrogens with zero attached hydrogens (tertiary/aromatic N) is 12. The molecule has 0 aromatic heterocycles. The van der Waals surface area contributed by atoms with Crippen LogP contribution in [0, 0.1) is 111 Å². The number of aryl methyl sites for hydroxylation is 4. The Bertz CT molecular complexity index is 4550. The van der Waals surface area contributed by atoms with Gasteiger partial charge in [-0.05, 0) is 349 Å². The highest BCUT2D eigenvalue weighted by Crippen LogP contribution is 2.56. The molecule has 19 aliphatic rings. The summed E-state index contributed by atoms with van der Waals surface area (Å²) in [6.07, 6.45) is 42.2. The summed E-state index contributed by atoms with van der Waals surface area (Å²) in [5, 5.41) is 0. The van der Waals surface area contributed by atoms with Crippen LogP contribution in [0.15, 0.2) is 170 Å². The molecular weight excluding hydrogens is 1570 g/mol. The van der Waals surface area contributed by atoms with Gasteiger partial charge in [0.2, 0.25) is 0 Å². The van der Waals surface area contributed by atoms with Crippen molar-refractivity contribution in [3.63, 3.8) is 0 Å². The van der Waals surface area contributed by atoms with E-state index in [-0.39, 0.29) is 11.6 Å². The molecule has 6 heterocycles. The average Bonchev–Trinajstić information content (AvgIpc) is 1.00. The minimum Gasteiger partial charge on any atom is -0.369 e. The SMILES string of the molecule is C1=CCC(CN2CCN(c3ccccc3)CC2)CC1.CC(=O)c1ccc(N2CCN(C3CC4CCC3C4)CC2)cc1.CC(=O)c1ccc(N2CCN(CC3CC4C=CC3C4)CC2)cc1.Cc1ccc(C)c(N2CCN(C3CC4CCC3C4)CC2)c1.Cc1ccc(N2CCN(C3C4CC5CC(C4)CC3C5)CC2)cc1.Cc1ccc(N2CCN(C3CC4CCC3C4)CC2)cc1. The standard InChI is InChI=1S/C21H30N2.C20H26N2O.C19H26N2O.C19H28N2.C18H26N2.C17H24N2/c1-15-2-4-20(5-3-15)22-6-8-23(9-7-22)21-18-11-16-10-17(13-18)14-19(21)12-16;1-15(23)17-4-6-20(7-5-17)22-10-8-21(9-11-22)14-19-13-16-2-3-18(19)12-16;1-14(22)16-4-6-18(7-5-16)20-8-10-21(11-9-20)19-13-15-2-3-17(19)12-15;1-14-3-4-15(2)18(11-14)20-7-9-21(10-8-20)19-13-16-5-6-17(19)12-16;1-14-2-6-17(7-3-14)19-8-10-20(11-9-19)18-13-15-4-5-16(18)12-15;1-3-7-16(8-4-1)15-18-11-13-19(14-12-18)17-9-5-2-6-10-17/h2-5,16-19,21H,6-14H2,1H3;2-7,16,18-19H,8-14H2,1H3;4-7,15,17,19H,2-3,8-13H2,1H3;3-4,11,16-17,19H,5-10,12-13H2,1-2H3;2-3,6-7,15-16,18H,4-5,8-13H2,1H3;1-3,5-6,9-10,16H,4,7-8,11-15H2. The van der Waals surface area contributed by atoms with Crippen molar-refractivity contribution < 1.29 is 9.59 Å². The van der Waals surface area contributed by atoms with Crippen LogP contribution in [0.4, 0.5) is 34.1 Å². The maximum atomic E-state index is 11.4. The number of allylic oxidation sites excluding steroid dienone is 4. The van der Waals surface area contributed by atoms with Crippen LogP contribution < -0.4 is 29.4 Å². The van der Waals surface area contributed by atoms with Crippen molar-refractivity contribution in [2.45, 2.75) is 207 Å². The number of Topliss-reactive ketones (excluding diaryl/α,β-unsaturated/α-hetero) is 2. The molecule has 13 unspecified atom stereocenters. The first-order chi connectivity index (χ1) is 62.6. The second-order valence-corrected chi connectivity index (χ2v) is 44.0. The quantitative estimate of drug-likeness (QED) is 0.0682. The van der Waals surface area contributed by atoms with E-state index in [0.29, 0.717) is 0 Å². The lowest BCUT2D eigenvalue weighted by atomic mass is 9.54. The number of anilines is 6. The third kappa shape index (κ3) is 22.0. The van der Waals surface area contributed by atoms with Crippen molar-refractivity contribution in [1.82, 2.24) is 29.4 Å². The molecule has 0 radical (unpaired) electrons. The van der Waals surface area contributed by atoms with Gasteiger partial charge < -0.3 is 29.4 Å². The lowest BCUT2D eigenvalue weighted by molar-refractivity contribution is -0.0665. The molecule has 12 bridgehead atoms. The van der Waals surface area contributed by atoms with E-state index in [1.54, 1.807) is 46.0 Å². The second-order valence-electron chi connectivity index (χ2n) is 44.0. The Morgan fingerprint density at radius 3 is 1.07 bits per heavy atom. The highest BCUT2D eigenvalue weighted by atomic mass is 16.1. The maximum absolute atomic E-state index is 11.4. The van der Waals surface area contributed by atoms with Gasteiger partial charge in [-0.25, -0.2) is 0 Å². The van der Waals surface area contributed by atoms with Crippen molar-refractivity contribution in [3.05, 3.63) is 203 Å². The van der Waals surface area contributed by atoms with Crippen LogP contribution in [0.3, 0.4) is 0 Å². The molecule has 13 atom stereocenters. The zero-order valence-electron chi connectivity index (χ0n) is 79.7. The number of rotatable bonds is 16. The fraction of sp³-hybridized carbons (Fsp3) is 0.632. The zero-order chi connectivity index (χ0) is 87.1. The largest absolute Gasteiger partial charge is 0.369 e. The third-order valence-corrected chi connectivity index (χ3v) is 35.8. The van der Waals surface area contributed by atoms with Gasteiger partial charge in [-0.15, -0.1) is 0 Å². The van der Waals surface area contributed by atoms with Crippen LogP contribution in [0.1, 0.15) is 198 Å². The molecule has 14 heteroatoms. The van der Waals surface area contributed by atoms with Crippen molar-refractivity contribution in [2.75, 3.05) is 200 Å². The topological polar surface area (TPSA) is 73.0 Å². The molecule has 13 aliphatic carbocycles. The van der Waals surface area contributed by atoms with Gasteiger partial charge in [-0.1, -0.05) is 109 Å². The first kappa shape index (κ1) is 89.9. The minimum absolute atomic E-state index is 0.140. The number of carbonyl (C=O) groups is 2. The Balaban J connectivity index is 0.000000100. The summed E-state index contributed by atoms with van der Waals surface area (Å²) >= 11 is 0. The summed E-state index contributed by atoms with van der Waals surface area (Å²) in [5.41, 5.74) is 15.3. The number of para-hydroxylation sites is 1. The van der Waals surface area contributed by atoms with Gasteiger partial charge in [0, 0.05) is 240 Å². The van der Waals surface area contributed by atoms with E-state index in [2.05, 4.69) is 232 Å². The summed E-state index contributed by atoms with van der Waals surface area (Å²) in [6.45, 7) is 43.4. The van der Waals surface area contributed by atoms with Crippen LogP contribution in [-0.2, 0) is 0 Å². The number of carbonyl (C=O) groups excluding carboxylic acids is 2. The van der Waals surface area contributed by atoms with Gasteiger partial charge in [-0.2, -0.15) is 0 Å². The highest BCUT2D eigenvalue weighted by molar-refractivity contribution is 5.95. The van der Waals surface area contributed by atoms with E-state index in [0.717, 1.165) is 157 Å². The Morgan fingerprint density at radius 2 is 0.695 bits per heavy atom. The minimum atomic E-state index is 0.140. The summed E-state index contributed by atoms with van der Waals surface area (Å²) in [5.74, 6) is 14.3. The van der Waals surface area contributed by atoms with Crippen molar-refractivity contribution in [3.8, 4) is 0 Å². The second kappa shape index (κ2) is 41.9. The Kier molecular flexibility index (Phi) is 29.4. The number of fused-ring (bicyclic) bond motifs is 8. The molecule has 0 N–H and O–H groups in total. The van der Waals surface area contributed by atoms with Gasteiger partial charge in [0.15, 0.2) is 11.6 Å². The van der Waals surface area contributed by atoms with E-state index in [4.69, 9.17) is 0 Å². The maximum Gasteiger partial charge on any atom is 0.159 e. The van der Waals surface area contributed by atoms with Crippen LogP contribution >= 0.6 is 0 Å². The normalized spacial score (nSPS) is 32.4. The van der Waals surface area contributed by atoms with Gasteiger partial charge >= 0.3 is 0 Å². The molecule has 0 amide bonds. The molecule has 14 nitrogen and oxygen atoms in total. The summed E-state index contributed by atoms with van der Waals surface area (Å²) in [4.78, 5) is 54.5. The number of benzene rings is 6. The monoisotopic (exact) mass is 1730 g/mol. The van der Waals surface area contributed by atoms with Crippen molar-refractivity contribution in [1.29, 1.82) is 0 Å². The number of hydrogen-bond acceptors (Lipinski definition) is 14. The van der Waals surface area contributed by atoms with E-state index >= 15 is 0 Å². The van der Waals surface area contributed by atoms with Crippen LogP contribution in [0.5, 0.6) is 0 Å². The molecule has 0 spiro atoms. The van der Waals surface area contributed by atoms with Gasteiger partial charge in [0.25, 0.3) is 0 Å². The van der Waals surface area contributed by atoms with Crippen LogP contribution in [0.2, 0.25) is 0 Å². The Morgan fingerprint density at radius 1 is 0.312 bits per heavy atom. The molecule has 6 saturated heterocycles. The molecule has 6 aliphatic heterocycles. The fourth-order valence-corrected chi connectivity index (χ4v) is 28.9. The lowest BCUT2D eigenvalue weighted by Crippen LogP contribution is -2.60. The molecule has 688 valence electrons. The van der Waals surface area contributed by atoms with Gasteiger partial charge in [0.05, 0.1) is 0 Å². The summed E-state index contributed by atoms with van der Waals surface area (Å²) in [7, 11) is 0. The molecule has 11 saturated carbocycles. The fourth-order valence-electron chi connectivity index (χ4n) is 28.9. The predicted octanol–water partition coefficient (Wildman–Crippen LogP) is 20.4.